The second kappa shape index (κ2) is 8.43. The Balaban J connectivity index is 1.39. The summed E-state index contributed by atoms with van der Waals surface area (Å²) >= 11 is 0. The molecule has 1 amide bonds. The van der Waals surface area contributed by atoms with Gasteiger partial charge in [-0.1, -0.05) is 30.0 Å². The Morgan fingerprint density at radius 1 is 1.12 bits per heavy atom. The van der Waals surface area contributed by atoms with Gasteiger partial charge in [0.2, 0.25) is 11.9 Å². The number of nitrogens with zero attached hydrogens (tertiary/aromatic N) is 5. The largest absolute Gasteiger partial charge is 0.369 e. The fourth-order valence-electron chi connectivity index (χ4n) is 4.36. The highest BCUT2D eigenvalue weighted by Gasteiger charge is 2.28. The standard InChI is InChI=1S/C25H24N6O2/c1-17-8-12-31(30-13-10-19-4-2-3-5-22(19)30)24(33)21(17)7-6-18-14-27-25(28-15-18)29-11-9-20(16-29)23(26)32/h2-5,8,12,14-15,20H,9-11,13,16H2,1H3,(H2,26,32)/t20-/m0/s1. The van der Waals surface area contributed by atoms with Gasteiger partial charge in [-0.05, 0) is 43.0 Å². The highest BCUT2D eigenvalue weighted by molar-refractivity contribution is 5.78. The molecule has 166 valence electrons. The minimum atomic E-state index is -0.290. The van der Waals surface area contributed by atoms with E-state index in [-0.39, 0.29) is 17.4 Å². The maximum absolute atomic E-state index is 13.3. The molecule has 1 saturated heterocycles. The van der Waals surface area contributed by atoms with Gasteiger partial charge in [-0.25, -0.2) is 14.6 Å². The molecule has 2 aliphatic heterocycles. The van der Waals surface area contributed by atoms with Gasteiger partial charge in [0.05, 0.1) is 22.7 Å². The van der Waals surface area contributed by atoms with Gasteiger partial charge < -0.3 is 10.6 Å². The molecule has 2 N–H and O–H groups in total. The number of aromatic nitrogens is 3. The van der Waals surface area contributed by atoms with Crippen molar-refractivity contribution in [2.45, 2.75) is 19.8 Å². The van der Waals surface area contributed by atoms with Crippen LogP contribution in [-0.2, 0) is 11.2 Å². The molecule has 1 atom stereocenters. The van der Waals surface area contributed by atoms with Gasteiger partial charge in [-0.3, -0.25) is 14.6 Å². The second-order valence-corrected chi connectivity index (χ2v) is 8.38. The quantitative estimate of drug-likeness (QED) is 0.620. The number of fused-ring (bicyclic) bond motifs is 1. The fraction of sp³-hybridized carbons (Fsp3) is 0.280. The van der Waals surface area contributed by atoms with Crippen molar-refractivity contribution in [1.82, 2.24) is 14.6 Å². The molecule has 8 heteroatoms. The number of primary amides is 1. The van der Waals surface area contributed by atoms with E-state index in [2.05, 4.69) is 27.9 Å². The van der Waals surface area contributed by atoms with Crippen LogP contribution in [0.5, 0.6) is 0 Å². The predicted molar refractivity (Wildman–Crippen MR) is 126 cm³/mol. The Kier molecular flexibility index (Phi) is 5.31. The summed E-state index contributed by atoms with van der Waals surface area (Å²) in [7, 11) is 0. The van der Waals surface area contributed by atoms with E-state index in [0.29, 0.717) is 36.6 Å². The molecule has 33 heavy (non-hydrogen) atoms. The van der Waals surface area contributed by atoms with Crippen LogP contribution in [0.4, 0.5) is 11.6 Å². The lowest BCUT2D eigenvalue weighted by Gasteiger charge is -2.22. The number of pyridine rings is 1. The molecule has 0 bridgehead atoms. The zero-order valence-corrected chi connectivity index (χ0v) is 18.4. The van der Waals surface area contributed by atoms with E-state index in [1.54, 1.807) is 23.3 Å². The van der Waals surface area contributed by atoms with Gasteiger partial charge in [0, 0.05) is 38.2 Å². The van der Waals surface area contributed by atoms with Crippen LogP contribution in [-0.4, -0.2) is 40.2 Å². The number of rotatable bonds is 3. The molecule has 2 aromatic heterocycles. The summed E-state index contributed by atoms with van der Waals surface area (Å²) in [6.45, 7) is 3.86. The van der Waals surface area contributed by atoms with Gasteiger partial charge in [0.25, 0.3) is 5.56 Å². The number of nitrogens with two attached hydrogens (primary N) is 1. The number of aryl methyl sites for hydroxylation is 1. The summed E-state index contributed by atoms with van der Waals surface area (Å²) in [6, 6.07) is 10.0. The van der Waals surface area contributed by atoms with E-state index in [1.807, 2.05) is 41.1 Å². The molecule has 0 radical (unpaired) electrons. The first-order chi connectivity index (χ1) is 16.0. The summed E-state index contributed by atoms with van der Waals surface area (Å²) in [5, 5.41) is 2.00. The number of hydrogen-bond donors (Lipinski definition) is 1. The Bertz CT molecular complexity index is 1340. The first-order valence-corrected chi connectivity index (χ1v) is 11.0. The molecule has 0 unspecified atom stereocenters. The number of carbonyl (C=O) groups is 1. The van der Waals surface area contributed by atoms with Gasteiger partial charge in [-0.15, -0.1) is 0 Å². The number of benzene rings is 1. The summed E-state index contributed by atoms with van der Waals surface area (Å²) in [4.78, 5) is 35.4. The van der Waals surface area contributed by atoms with E-state index in [9.17, 15) is 9.59 Å². The maximum Gasteiger partial charge on any atom is 0.285 e. The zero-order chi connectivity index (χ0) is 22.9. The molecule has 1 fully saturated rings. The molecule has 4 heterocycles. The van der Waals surface area contributed by atoms with E-state index >= 15 is 0 Å². The summed E-state index contributed by atoms with van der Waals surface area (Å²) in [5.41, 5.74) is 9.42. The summed E-state index contributed by atoms with van der Waals surface area (Å²) < 4.78 is 1.64. The van der Waals surface area contributed by atoms with Crippen molar-refractivity contribution in [2.24, 2.45) is 11.7 Å². The molecule has 2 aliphatic rings. The second-order valence-electron chi connectivity index (χ2n) is 8.38. The molecule has 5 rings (SSSR count). The van der Waals surface area contributed by atoms with E-state index in [4.69, 9.17) is 5.73 Å². The topological polar surface area (TPSA) is 97.4 Å². The lowest BCUT2D eigenvalue weighted by Crippen LogP contribution is -2.38. The Hall–Kier alpha value is -4.12. The van der Waals surface area contributed by atoms with Crippen molar-refractivity contribution in [3.8, 4) is 11.8 Å². The van der Waals surface area contributed by atoms with E-state index in [1.165, 1.54) is 5.56 Å². The molecular formula is C25H24N6O2. The Morgan fingerprint density at radius 2 is 1.91 bits per heavy atom. The first-order valence-electron chi connectivity index (χ1n) is 11.0. The molecule has 0 aliphatic carbocycles. The lowest BCUT2D eigenvalue weighted by atomic mass is 10.1. The third-order valence-corrected chi connectivity index (χ3v) is 6.25. The normalized spacial score (nSPS) is 16.9. The summed E-state index contributed by atoms with van der Waals surface area (Å²) in [6.07, 6.45) is 6.69. The van der Waals surface area contributed by atoms with Crippen LogP contribution in [0.25, 0.3) is 0 Å². The van der Waals surface area contributed by atoms with E-state index < -0.39 is 0 Å². The highest BCUT2D eigenvalue weighted by Crippen LogP contribution is 2.27. The van der Waals surface area contributed by atoms with Crippen molar-refractivity contribution in [3.63, 3.8) is 0 Å². The van der Waals surface area contributed by atoms with Crippen LogP contribution in [0.1, 0.15) is 28.7 Å². The number of anilines is 2. The predicted octanol–water partition coefficient (Wildman–Crippen LogP) is 1.48. The highest BCUT2D eigenvalue weighted by atomic mass is 16.1. The van der Waals surface area contributed by atoms with Crippen molar-refractivity contribution < 1.29 is 4.79 Å². The van der Waals surface area contributed by atoms with Crippen molar-refractivity contribution in [1.29, 1.82) is 0 Å². The van der Waals surface area contributed by atoms with Gasteiger partial charge in [-0.2, -0.15) is 0 Å². The Morgan fingerprint density at radius 3 is 2.67 bits per heavy atom. The minimum absolute atomic E-state index is 0.147. The van der Waals surface area contributed by atoms with Crippen LogP contribution >= 0.6 is 0 Å². The van der Waals surface area contributed by atoms with Crippen LogP contribution in [0, 0.1) is 24.7 Å². The average molecular weight is 441 g/mol. The molecule has 0 saturated carbocycles. The van der Waals surface area contributed by atoms with Gasteiger partial charge in [0.15, 0.2) is 0 Å². The number of para-hydroxylation sites is 1. The van der Waals surface area contributed by atoms with Crippen molar-refractivity contribution >= 4 is 17.5 Å². The number of amides is 1. The van der Waals surface area contributed by atoms with Crippen LogP contribution < -0.4 is 21.2 Å². The minimum Gasteiger partial charge on any atom is -0.369 e. The molecule has 0 spiro atoms. The number of carbonyl (C=O) groups excluding carboxylic acids is 1. The average Bonchev–Trinajstić information content (AvgIpc) is 3.48. The van der Waals surface area contributed by atoms with Crippen molar-refractivity contribution in [2.75, 3.05) is 29.5 Å². The molecule has 8 nitrogen and oxygen atoms in total. The Labute approximate surface area is 191 Å². The smallest absolute Gasteiger partial charge is 0.285 e. The molecule has 3 aromatic rings. The van der Waals surface area contributed by atoms with Gasteiger partial charge in [0.1, 0.15) is 0 Å². The summed E-state index contributed by atoms with van der Waals surface area (Å²) in [5.74, 6) is 6.15. The zero-order valence-electron chi connectivity index (χ0n) is 18.4. The third kappa shape index (κ3) is 3.94. The van der Waals surface area contributed by atoms with Crippen molar-refractivity contribution in [3.05, 3.63) is 81.5 Å². The van der Waals surface area contributed by atoms with Crippen LogP contribution in [0.2, 0.25) is 0 Å². The first kappa shape index (κ1) is 20.8. The third-order valence-electron chi connectivity index (χ3n) is 6.25. The van der Waals surface area contributed by atoms with Gasteiger partial charge >= 0.3 is 0 Å². The maximum atomic E-state index is 13.3. The lowest BCUT2D eigenvalue weighted by molar-refractivity contribution is -0.121. The number of hydrogen-bond acceptors (Lipinski definition) is 6. The monoisotopic (exact) mass is 440 g/mol. The fourth-order valence-corrected chi connectivity index (χ4v) is 4.36. The van der Waals surface area contributed by atoms with E-state index in [0.717, 1.165) is 24.2 Å². The molecule has 1 aromatic carbocycles. The van der Waals surface area contributed by atoms with Crippen LogP contribution in [0.3, 0.4) is 0 Å². The SMILES string of the molecule is Cc1ccn(N2CCc3ccccc32)c(=O)c1C#Cc1cnc(N2CC[C@H](C(N)=O)C2)nc1. The van der Waals surface area contributed by atoms with Crippen LogP contribution in [0.15, 0.2) is 53.7 Å². The molecular weight excluding hydrogens is 416 g/mol.